The van der Waals surface area contributed by atoms with Crippen molar-refractivity contribution in [1.82, 2.24) is 19.9 Å². The molecule has 1 saturated heterocycles. The molecule has 1 aliphatic rings. The van der Waals surface area contributed by atoms with Gasteiger partial charge in [0, 0.05) is 38.3 Å². The number of hydrogen-bond donors (Lipinski definition) is 0. The van der Waals surface area contributed by atoms with Crippen molar-refractivity contribution in [2.24, 2.45) is 0 Å². The highest BCUT2D eigenvalue weighted by atomic mass is 16.5. The van der Waals surface area contributed by atoms with E-state index in [2.05, 4.69) is 32.1 Å². The van der Waals surface area contributed by atoms with Gasteiger partial charge in [0.05, 0.1) is 20.8 Å². The fraction of sp³-hybridized carbons (Fsp3) is 0.364. The van der Waals surface area contributed by atoms with Gasteiger partial charge < -0.3 is 14.0 Å². The van der Waals surface area contributed by atoms with E-state index in [0.717, 1.165) is 49.8 Å². The fourth-order valence-electron chi connectivity index (χ4n) is 3.46. The number of hydrogen-bond acceptors (Lipinski definition) is 7. The third-order valence-corrected chi connectivity index (χ3v) is 5.21. The molecular weight excluding hydrogens is 368 g/mol. The van der Waals surface area contributed by atoms with Crippen LogP contribution in [0, 0.1) is 0 Å². The average Bonchev–Trinajstić information content (AvgIpc) is 3.24. The van der Waals surface area contributed by atoms with E-state index in [4.69, 9.17) is 14.0 Å². The zero-order chi connectivity index (χ0) is 20.1. The Morgan fingerprint density at radius 2 is 1.34 bits per heavy atom. The zero-order valence-corrected chi connectivity index (χ0v) is 16.9. The van der Waals surface area contributed by atoms with Crippen molar-refractivity contribution in [2.75, 3.05) is 40.4 Å². The third-order valence-electron chi connectivity index (χ3n) is 5.21. The topological polar surface area (TPSA) is 63.9 Å². The lowest BCUT2D eigenvalue weighted by molar-refractivity contribution is 0.112. The van der Waals surface area contributed by atoms with Crippen LogP contribution in [0.5, 0.6) is 11.5 Å². The number of benzene rings is 2. The molecule has 1 fully saturated rings. The SMILES string of the molecule is COc1ccc(CN2CCN(Cc3nc(-c4ccc(OC)cc4)no3)CC2)cc1. The maximum absolute atomic E-state index is 5.46. The number of nitrogens with zero attached hydrogens (tertiary/aromatic N) is 4. The first-order valence-corrected chi connectivity index (χ1v) is 9.78. The van der Waals surface area contributed by atoms with Crippen LogP contribution >= 0.6 is 0 Å². The summed E-state index contributed by atoms with van der Waals surface area (Å²) in [7, 11) is 3.34. The quantitative estimate of drug-likeness (QED) is 0.610. The van der Waals surface area contributed by atoms with Gasteiger partial charge in [-0.25, -0.2) is 0 Å². The molecule has 152 valence electrons. The molecular formula is C22H26N4O3. The third kappa shape index (κ3) is 4.93. The molecule has 0 bridgehead atoms. The second kappa shape index (κ2) is 9.07. The molecule has 3 aromatic rings. The second-order valence-corrected chi connectivity index (χ2v) is 7.14. The number of ether oxygens (including phenoxy) is 2. The van der Waals surface area contributed by atoms with Gasteiger partial charge in [-0.3, -0.25) is 9.80 Å². The van der Waals surface area contributed by atoms with E-state index in [9.17, 15) is 0 Å². The van der Waals surface area contributed by atoms with E-state index in [-0.39, 0.29) is 0 Å². The Morgan fingerprint density at radius 1 is 0.793 bits per heavy atom. The molecule has 7 nitrogen and oxygen atoms in total. The minimum Gasteiger partial charge on any atom is -0.497 e. The van der Waals surface area contributed by atoms with Crippen molar-refractivity contribution >= 4 is 0 Å². The Kier molecular flexibility index (Phi) is 6.07. The molecule has 1 aliphatic heterocycles. The van der Waals surface area contributed by atoms with Gasteiger partial charge in [-0.2, -0.15) is 4.98 Å². The molecule has 0 radical (unpaired) electrons. The van der Waals surface area contributed by atoms with Gasteiger partial charge in [-0.15, -0.1) is 0 Å². The molecule has 0 amide bonds. The van der Waals surface area contributed by atoms with Crippen molar-refractivity contribution in [2.45, 2.75) is 13.1 Å². The summed E-state index contributed by atoms with van der Waals surface area (Å²) in [5, 5.41) is 4.12. The molecule has 0 unspecified atom stereocenters. The van der Waals surface area contributed by atoms with Crippen LogP contribution in [0.25, 0.3) is 11.4 Å². The zero-order valence-electron chi connectivity index (χ0n) is 16.9. The first-order valence-electron chi connectivity index (χ1n) is 9.78. The van der Waals surface area contributed by atoms with Crippen LogP contribution in [0.3, 0.4) is 0 Å². The molecule has 0 N–H and O–H groups in total. The molecule has 29 heavy (non-hydrogen) atoms. The predicted molar refractivity (Wildman–Crippen MR) is 110 cm³/mol. The Labute approximate surface area is 170 Å². The summed E-state index contributed by atoms with van der Waals surface area (Å²) < 4.78 is 15.9. The van der Waals surface area contributed by atoms with Crippen LogP contribution in [0.1, 0.15) is 11.5 Å². The summed E-state index contributed by atoms with van der Waals surface area (Å²) in [6.07, 6.45) is 0. The summed E-state index contributed by atoms with van der Waals surface area (Å²) in [5.74, 6) is 2.97. The lowest BCUT2D eigenvalue weighted by Crippen LogP contribution is -2.45. The van der Waals surface area contributed by atoms with E-state index in [1.54, 1.807) is 14.2 Å². The minimum atomic E-state index is 0.612. The average molecular weight is 394 g/mol. The van der Waals surface area contributed by atoms with Crippen LogP contribution < -0.4 is 9.47 Å². The Hall–Kier alpha value is -2.90. The molecule has 7 heteroatoms. The van der Waals surface area contributed by atoms with Gasteiger partial charge in [0.25, 0.3) is 0 Å². The van der Waals surface area contributed by atoms with Gasteiger partial charge in [0.15, 0.2) is 0 Å². The Bertz CT molecular complexity index is 901. The van der Waals surface area contributed by atoms with Gasteiger partial charge in [-0.05, 0) is 42.0 Å². The van der Waals surface area contributed by atoms with Crippen LogP contribution in [0.2, 0.25) is 0 Å². The van der Waals surface area contributed by atoms with Crippen LogP contribution in [-0.2, 0) is 13.1 Å². The molecule has 4 rings (SSSR count). The highest BCUT2D eigenvalue weighted by Crippen LogP contribution is 2.20. The predicted octanol–water partition coefficient (Wildman–Crippen LogP) is 3.07. The van der Waals surface area contributed by atoms with Crippen molar-refractivity contribution < 1.29 is 14.0 Å². The highest BCUT2D eigenvalue weighted by molar-refractivity contribution is 5.55. The maximum atomic E-state index is 5.46. The molecule has 0 aliphatic carbocycles. The van der Waals surface area contributed by atoms with E-state index in [1.165, 1.54) is 5.56 Å². The number of methoxy groups -OCH3 is 2. The number of piperazine rings is 1. The Balaban J connectivity index is 1.27. The first-order chi connectivity index (χ1) is 14.2. The number of aromatic nitrogens is 2. The molecule has 0 atom stereocenters. The number of rotatable bonds is 7. The highest BCUT2D eigenvalue weighted by Gasteiger charge is 2.19. The fourth-order valence-corrected chi connectivity index (χ4v) is 3.46. The second-order valence-electron chi connectivity index (χ2n) is 7.14. The van der Waals surface area contributed by atoms with Gasteiger partial charge >= 0.3 is 0 Å². The lowest BCUT2D eigenvalue weighted by Gasteiger charge is -2.33. The normalized spacial score (nSPS) is 15.4. The van der Waals surface area contributed by atoms with E-state index in [0.29, 0.717) is 18.3 Å². The molecule has 0 saturated carbocycles. The van der Waals surface area contributed by atoms with Crippen molar-refractivity contribution in [3.63, 3.8) is 0 Å². The molecule has 2 aromatic carbocycles. The summed E-state index contributed by atoms with van der Waals surface area (Å²) >= 11 is 0. The maximum Gasteiger partial charge on any atom is 0.241 e. The van der Waals surface area contributed by atoms with Gasteiger partial charge in [0.1, 0.15) is 11.5 Å². The van der Waals surface area contributed by atoms with Crippen LogP contribution in [-0.4, -0.2) is 60.3 Å². The van der Waals surface area contributed by atoms with Gasteiger partial charge in [-0.1, -0.05) is 17.3 Å². The minimum absolute atomic E-state index is 0.612. The van der Waals surface area contributed by atoms with E-state index >= 15 is 0 Å². The van der Waals surface area contributed by atoms with Gasteiger partial charge in [0.2, 0.25) is 11.7 Å². The summed E-state index contributed by atoms with van der Waals surface area (Å²) in [6.45, 7) is 5.64. The molecule has 2 heterocycles. The van der Waals surface area contributed by atoms with Crippen molar-refractivity contribution in [3.05, 3.63) is 60.0 Å². The summed E-state index contributed by atoms with van der Waals surface area (Å²) in [4.78, 5) is 9.37. The van der Waals surface area contributed by atoms with E-state index in [1.807, 2.05) is 36.4 Å². The monoisotopic (exact) mass is 394 g/mol. The smallest absolute Gasteiger partial charge is 0.241 e. The van der Waals surface area contributed by atoms with Crippen LogP contribution in [0.4, 0.5) is 0 Å². The van der Waals surface area contributed by atoms with E-state index < -0.39 is 0 Å². The largest absolute Gasteiger partial charge is 0.497 e. The van der Waals surface area contributed by atoms with Crippen LogP contribution in [0.15, 0.2) is 53.1 Å². The first kappa shape index (κ1) is 19.4. The van der Waals surface area contributed by atoms with Crippen molar-refractivity contribution in [3.8, 4) is 22.9 Å². The molecule has 1 aromatic heterocycles. The van der Waals surface area contributed by atoms with Crippen molar-refractivity contribution in [1.29, 1.82) is 0 Å². The summed E-state index contributed by atoms with van der Waals surface area (Å²) in [5.41, 5.74) is 2.23. The summed E-state index contributed by atoms with van der Waals surface area (Å²) in [6, 6.07) is 16.0. The molecule has 0 spiro atoms. The Morgan fingerprint density at radius 3 is 1.93 bits per heavy atom. The lowest BCUT2D eigenvalue weighted by atomic mass is 10.2. The standard InChI is InChI=1S/C22H26N4O3/c1-27-19-7-3-17(4-8-19)15-25-11-13-26(14-12-25)16-21-23-22(24-29-21)18-5-9-20(28-2)10-6-18/h3-10H,11-16H2,1-2H3.